The number of allylic oxidation sites excluding steroid dienone is 6. The minimum absolute atomic E-state index is 0.410. The summed E-state index contributed by atoms with van der Waals surface area (Å²) in [5.74, 6) is 0.468. The summed E-state index contributed by atoms with van der Waals surface area (Å²) in [6, 6.07) is 7.86. The van der Waals surface area contributed by atoms with Crippen molar-refractivity contribution >= 4 is 30.0 Å². The highest BCUT2D eigenvalue weighted by Crippen LogP contribution is 2.40. The highest BCUT2D eigenvalue weighted by atomic mass is 32.2. The molecule has 3 heterocycles. The van der Waals surface area contributed by atoms with Crippen molar-refractivity contribution in [1.82, 2.24) is 16.0 Å². The van der Waals surface area contributed by atoms with Crippen molar-refractivity contribution in [1.29, 1.82) is 0 Å². The number of thioether (sulfide) groups is 1. The monoisotopic (exact) mass is 487 g/mol. The van der Waals surface area contributed by atoms with E-state index in [2.05, 4.69) is 96.8 Å². The Balaban J connectivity index is 1.42. The Hall–Kier alpha value is -2.17. The minimum Gasteiger partial charge on any atom is -0.375 e. The van der Waals surface area contributed by atoms with E-state index in [1.807, 2.05) is 0 Å². The minimum atomic E-state index is 0.410. The molecule has 0 amide bonds. The predicted octanol–water partition coefficient (Wildman–Crippen LogP) is 5.66. The van der Waals surface area contributed by atoms with Crippen LogP contribution in [0.1, 0.15) is 77.2 Å². The Morgan fingerprint density at radius 2 is 2.00 bits per heavy atom. The van der Waals surface area contributed by atoms with Gasteiger partial charge in [0.15, 0.2) is 0 Å². The lowest BCUT2D eigenvalue weighted by Gasteiger charge is -2.33. The van der Waals surface area contributed by atoms with Gasteiger partial charge in [0.1, 0.15) is 0 Å². The summed E-state index contributed by atoms with van der Waals surface area (Å²) in [6.45, 7) is 9.03. The maximum absolute atomic E-state index is 4.40. The molecular weight excluding hydrogens is 446 g/mol. The van der Waals surface area contributed by atoms with E-state index in [4.69, 9.17) is 0 Å². The third kappa shape index (κ3) is 5.65. The van der Waals surface area contributed by atoms with Crippen molar-refractivity contribution in [3.8, 4) is 0 Å². The standard InChI is InChI=1S/C31H41N3S/c1-4-23(31-34-27-13-7-5-6-8-15-29(27)35-31)19-25-20-24(17-16-21(25)2)26-12-10-18-32-30(26)28-14-9-11-22(3)33-28/h5-6,10,16-20,22-23,28,31-34H,2,4,7-9,11-15H2,1,3H3/b6-5+,25-19-. The molecule has 1 aromatic carbocycles. The van der Waals surface area contributed by atoms with Gasteiger partial charge in [-0.25, -0.2) is 0 Å². The molecule has 0 saturated carbocycles. The summed E-state index contributed by atoms with van der Waals surface area (Å²) in [5.41, 5.74) is 5.60. The highest BCUT2D eigenvalue weighted by Gasteiger charge is 2.29. The van der Waals surface area contributed by atoms with Crippen LogP contribution in [0, 0.1) is 5.92 Å². The van der Waals surface area contributed by atoms with Gasteiger partial charge in [0.25, 0.3) is 0 Å². The first-order valence-corrected chi connectivity index (χ1v) is 14.5. The van der Waals surface area contributed by atoms with Crippen LogP contribution in [0.5, 0.6) is 0 Å². The quantitative estimate of drug-likeness (QED) is 0.469. The Bertz CT molecular complexity index is 1140. The largest absolute Gasteiger partial charge is 0.375 e. The third-order valence-corrected chi connectivity index (χ3v) is 9.36. The molecule has 3 aliphatic heterocycles. The number of nitrogens with one attached hydrogen (secondary N) is 3. The summed E-state index contributed by atoms with van der Waals surface area (Å²) in [5, 5.41) is 14.2. The average Bonchev–Trinajstić information content (AvgIpc) is 3.25. The normalized spacial score (nSPS) is 29.2. The summed E-state index contributed by atoms with van der Waals surface area (Å²) in [4.78, 5) is 1.58. The zero-order chi connectivity index (χ0) is 24.2. The fourth-order valence-corrected chi connectivity index (χ4v) is 7.35. The molecule has 4 aliphatic rings. The first-order chi connectivity index (χ1) is 17.1. The van der Waals surface area contributed by atoms with Crippen LogP contribution in [-0.2, 0) is 0 Å². The van der Waals surface area contributed by atoms with Gasteiger partial charge in [-0.2, -0.15) is 0 Å². The molecule has 3 nitrogen and oxygen atoms in total. The molecule has 1 aliphatic carbocycles. The van der Waals surface area contributed by atoms with E-state index in [9.17, 15) is 0 Å². The van der Waals surface area contributed by atoms with Gasteiger partial charge in [-0.05, 0) is 98.6 Å². The van der Waals surface area contributed by atoms with E-state index in [0.717, 1.165) is 30.9 Å². The van der Waals surface area contributed by atoms with Crippen LogP contribution in [0.15, 0.2) is 58.9 Å². The van der Waals surface area contributed by atoms with Crippen LogP contribution in [0.3, 0.4) is 0 Å². The second kappa shape index (κ2) is 11.3. The van der Waals surface area contributed by atoms with E-state index in [1.165, 1.54) is 59.9 Å². The van der Waals surface area contributed by atoms with Gasteiger partial charge in [-0.15, -0.1) is 11.8 Å². The number of piperidine rings is 1. The molecule has 0 radical (unpaired) electrons. The maximum Gasteiger partial charge on any atom is 0.0826 e. The fourth-order valence-electron chi connectivity index (χ4n) is 5.86. The summed E-state index contributed by atoms with van der Waals surface area (Å²) >= 11 is 2.07. The van der Waals surface area contributed by atoms with Gasteiger partial charge in [0, 0.05) is 34.3 Å². The molecule has 3 N–H and O–H groups in total. The zero-order valence-electron chi connectivity index (χ0n) is 21.4. The van der Waals surface area contributed by atoms with Crippen LogP contribution in [-0.4, -0.2) is 17.5 Å². The molecule has 0 spiro atoms. The van der Waals surface area contributed by atoms with E-state index < -0.39 is 0 Å². The summed E-state index contributed by atoms with van der Waals surface area (Å²) < 4.78 is 0. The average molecular weight is 488 g/mol. The molecular formula is C31H41N3S. The number of dihydropyridines is 1. The fraction of sp³-hybridized carbons (Fsp3) is 0.484. The van der Waals surface area contributed by atoms with Crippen molar-refractivity contribution in [3.05, 3.63) is 74.9 Å². The SMILES string of the molecule is C=c1ccc(C2=C(C3CCCC(C)N3)NC=CC2)c/c1=C/C(CC)C1NC2=C(CC/C=C/CC2)S1. The van der Waals surface area contributed by atoms with Crippen molar-refractivity contribution < 1.29 is 0 Å². The molecule has 0 bridgehead atoms. The molecule has 4 unspecified atom stereocenters. The summed E-state index contributed by atoms with van der Waals surface area (Å²) in [7, 11) is 0. The first kappa shape index (κ1) is 24.5. The van der Waals surface area contributed by atoms with Gasteiger partial charge in [0.05, 0.1) is 5.37 Å². The third-order valence-electron chi connectivity index (χ3n) is 7.90. The molecule has 1 aromatic rings. The lowest BCUT2D eigenvalue weighted by Crippen LogP contribution is -2.44. The Morgan fingerprint density at radius 1 is 1.14 bits per heavy atom. The maximum atomic E-state index is 4.40. The second-order valence-electron chi connectivity index (χ2n) is 10.5. The molecule has 1 saturated heterocycles. The first-order valence-electron chi connectivity index (χ1n) is 13.6. The smallest absolute Gasteiger partial charge is 0.0826 e. The topological polar surface area (TPSA) is 36.1 Å². The highest BCUT2D eigenvalue weighted by molar-refractivity contribution is 8.03. The molecule has 4 heteroatoms. The van der Waals surface area contributed by atoms with Gasteiger partial charge in [-0.3, -0.25) is 0 Å². The van der Waals surface area contributed by atoms with Gasteiger partial charge in [-0.1, -0.05) is 49.9 Å². The van der Waals surface area contributed by atoms with E-state index in [0.29, 0.717) is 23.4 Å². The van der Waals surface area contributed by atoms with Crippen molar-refractivity contribution in [2.75, 3.05) is 0 Å². The van der Waals surface area contributed by atoms with Crippen molar-refractivity contribution in [2.45, 2.75) is 89.1 Å². The van der Waals surface area contributed by atoms with Crippen LogP contribution in [0.4, 0.5) is 0 Å². The van der Waals surface area contributed by atoms with Gasteiger partial charge < -0.3 is 16.0 Å². The molecule has 4 atom stereocenters. The molecule has 186 valence electrons. The van der Waals surface area contributed by atoms with Crippen LogP contribution < -0.4 is 26.4 Å². The Morgan fingerprint density at radius 3 is 2.83 bits per heavy atom. The summed E-state index contributed by atoms with van der Waals surface area (Å²) in [6.07, 6.45) is 22.0. The lowest BCUT2D eigenvalue weighted by atomic mass is 9.89. The van der Waals surface area contributed by atoms with Crippen molar-refractivity contribution in [2.24, 2.45) is 5.92 Å². The number of benzene rings is 1. The molecule has 0 aromatic heterocycles. The van der Waals surface area contributed by atoms with Crippen molar-refractivity contribution in [3.63, 3.8) is 0 Å². The van der Waals surface area contributed by atoms with Gasteiger partial charge >= 0.3 is 0 Å². The van der Waals surface area contributed by atoms with E-state index in [1.54, 1.807) is 4.91 Å². The van der Waals surface area contributed by atoms with E-state index in [-0.39, 0.29) is 0 Å². The number of hydrogen-bond acceptors (Lipinski definition) is 4. The lowest BCUT2D eigenvalue weighted by molar-refractivity contribution is 0.358. The van der Waals surface area contributed by atoms with Crippen LogP contribution >= 0.6 is 11.8 Å². The number of rotatable bonds is 5. The molecule has 1 fully saturated rings. The molecule has 35 heavy (non-hydrogen) atoms. The van der Waals surface area contributed by atoms with Crippen LogP contribution in [0.25, 0.3) is 18.2 Å². The number of hydrogen-bond donors (Lipinski definition) is 3. The predicted molar refractivity (Wildman–Crippen MR) is 153 cm³/mol. The zero-order valence-corrected chi connectivity index (χ0v) is 22.2. The van der Waals surface area contributed by atoms with Gasteiger partial charge in [0.2, 0.25) is 0 Å². The van der Waals surface area contributed by atoms with Crippen LogP contribution in [0.2, 0.25) is 0 Å². The second-order valence-corrected chi connectivity index (χ2v) is 11.7. The Kier molecular flexibility index (Phi) is 7.89. The Labute approximate surface area is 215 Å². The van der Waals surface area contributed by atoms with E-state index >= 15 is 0 Å². The molecule has 5 rings (SSSR count).